The minimum Gasteiger partial charge on any atom is -0.390 e. The van der Waals surface area contributed by atoms with E-state index in [-0.39, 0.29) is 6.10 Å². The second-order valence-electron chi connectivity index (χ2n) is 6.43. The molecule has 6 heteroatoms. The number of rotatable bonds is 6. The maximum Gasteiger partial charge on any atom is 0.151 e. The molecule has 0 radical (unpaired) electrons. The van der Waals surface area contributed by atoms with Crippen LogP contribution in [0.25, 0.3) is 11.4 Å². The molecule has 0 saturated carbocycles. The summed E-state index contributed by atoms with van der Waals surface area (Å²) in [6, 6.07) is 17.8. The van der Waals surface area contributed by atoms with Gasteiger partial charge in [0, 0.05) is 25.2 Å². The van der Waals surface area contributed by atoms with Gasteiger partial charge in [0.05, 0.1) is 18.0 Å². The Bertz CT molecular complexity index is 877. The Morgan fingerprint density at radius 3 is 2.73 bits per heavy atom. The van der Waals surface area contributed by atoms with Gasteiger partial charge in [-0.25, -0.2) is 0 Å². The lowest BCUT2D eigenvalue weighted by Gasteiger charge is -2.17. The average molecular weight is 348 g/mol. The van der Waals surface area contributed by atoms with Crippen molar-refractivity contribution >= 4 is 5.71 Å². The van der Waals surface area contributed by atoms with Crippen molar-refractivity contribution in [3.8, 4) is 11.4 Å². The van der Waals surface area contributed by atoms with Gasteiger partial charge in [0.1, 0.15) is 11.8 Å². The van der Waals surface area contributed by atoms with Crippen LogP contribution < -0.4 is 0 Å². The molecular weight excluding hydrogens is 328 g/mol. The molecule has 0 N–H and O–H groups in total. The van der Waals surface area contributed by atoms with Crippen molar-refractivity contribution in [2.75, 3.05) is 13.6 Å². The third-order valence-electron chi connectivity index (χ3n) is 4.27. The maximum atomic E-state index is 5.59. The molecule has 132 valence electrons. The Balaban J connectivity index is 1.31. The molecular formula is C20H20N4O2. The summed E-state index contributed by atoms with van der Waals surface area (Å²) in [4.78, 5) is 12.0. The van der Waals surface area contributed by atoms with Gasteiger partial charge in [0.15, 0.2) is 5.76 Å². The van der Waals surface area contributed by atoms with Crippen molar-refractivity contribution in [3.05, 3.63) is 72.1 Å². The predicted octanol–water partition coefficient (Wildman–Crippen LogP) is 3.36. The van der Waals surface area contributed by atoms with Gasteiger partial charge in [-0.15, -0.1) is 0 Å². The third-order valence-corrected chi connectivity index (χ3v) is 4.27. The molecule has 2 aromatic heterocycles. The molecule has 6 nitrogen and oxygen atoms in total. The summed E-state index contributed by atoms with van der Waals surface area (Å²) in [5.41, 5.74) is 3.68. The first-order chi connectivity index (χ1) is 12.8. The third kappa shape index (κ3) is 3.81. The van der Waals surface area contributed by atoms with Crippen molar-refractivity contribution in [2.45, 2.75) is 19.1 Å². The van der Waals surface area contributed by atoms with E-state index in [4.69, 9.17) is 9.36 Å². The van der Waals surface area contributed by atoms with Crippen LogP contribution in [0.3, 0.4) is 0 Å². The molecule has 1 aliphatic heterocycles. The van der Waals surface area contributed by atoms with E-state index in [1.807, 2.05) is 49.5 Å². The largest absolute Gasteiger partial charge is 0.390 e. The molecule has 0 amide bonds. The smallest absolute Gasteiger partial charge is 0.151 e. The summed E-state index contributed by atoms with van der Waals surface area (Å²) >= 11 is 0. The highest BCUT2D eigenvalue weighted by molar-refractivity contribution is 6.01. The van der Waals surface area contributed by atoms with Crippen LogP contribution in [0.2, 0.25) is 0 Å². The summed E-state index contributed by atoms with van der Waals surface area (Å²) in [6.45, 7) is 1.42. The molecule has 0 spiro atoms. The number of benzene rings is 1. The van der Waals surface area contributed by atoms with Gasteiger partial charge in [-0.3, -0.25) is 9.88 Å². The van der Waals surface area contributed by atoms with Crippen LogP contribution in [0.15, 0.2) is 70.5 Å². The SMILES string of the molecule is CN(Cc1cc(-c2ccccn2)no1)C[C@@H]1CC(c2ccccc2)=NO1. The van der Waals surface area contributed by atoms with Gasteiger partial charge >= 0.3 is 0 Å². The van der Waals surface area contributed by atoms with Crippen LogP contribution >= 0.6 is 0 Å². The normalized spacial score (nSPS) is 16.5. The zero-order valence-corrected chi connectivity index (χ0v) is 14.6. The zero-order valence-electron chi connectivity index (χ0n) is 14.6. The van der Waals surface area contributed by atoms with Crippen molar-refractivity contribution in [3.63, 3.8) is 0 Å². The summed E-state index contributed by atoms with van der Waals surface area (Å²) in [5.74, 6) is 0.801. The predicted molar refractivity (Wildman–Crippen MR) is 98.5 cm³/mol. The lowest BCUT2D eigenvalue weighted by molar-refractivity contribution is 0.0557. The van der Waals surface area contributed by atoms with E-state index in [1.54, 1.807) is 6.20 Å². The van der Waals surface area contributed by atoms with Gasteiger partial charge in [-0.1, -0.05) is 46.7 Å². The number of likely N-dealkylation sites (N-methyl/N-ethyl adjacent to an activating group) is 1. The zero-order chi connectivity index (χ0) is 17.8. The monoisotopic (exact) mass is 348 g/mol. The molecule has 0 aliphatic carbocycles. The lowest BCUT2D eigenvalue weighted by atomic mass is 10.1. The molecule has 1 atom stereocenters. The Hall–Kier alpha value is -2.99. The van der Waals surface area contributed by atoms with Crippen LogP contribution in [0.5, 0.6) is 0 Å². The summed E-state index contributed by atoms with van der Waals surface area (Å²) in [7, 11) is 2.03. The van der Waals surface area contributed by atoms with E-state index in [9.17, 15) is 0 Å². The second kappa shape index (κ2) is 7.49. The molecule has 0 fully saturated rings. The van der Waals surface area contributed by atoms with Crippen molar-refractivity contribution in [1.29, 1.82) is 0 Å². The molecule has 26 heavy (non-hydrogen) atoms. The standard InChI is InChI=1S/C20H20N4O2/c1-24(13-16-11-19(22-25-16)15-7-3-2-4-8-15)14-17-12-20(23-26-17)18-9-5-6-10-21-18/h2-10,12,16H,11,13-14H2,1H3/t16-/m0/s1. The van der Waals surface area contributed by atoms with Gasteiger partial charge < -0.3 is 9.36 Å². The van der Waals surface area contributed by atoms with Crippen LogP contribution in [0, 0.1) is 0 Å². The highest BCUT2D eigenvalue weighted by Gasteiger charge is 2.24. The van der Waals surface area contributed by atoms with Crippen LogP contribution in [0.4, 0.5) is 0 Å². The lowest BCUT2D eigenvalue weighted by Crippen LogP contribution is -2.29. The minimum absolute atomic E-state index is 0.0494. The molecule has 0 unspecified atom stereocenters. The van der Waals surface area contributed by atoms with Crippen molar-refractivity contribution < 1.29 is 9.36 Å². The number of nitrogens with zero attached hydrogens (tertiary/aromatic N) is 4. The Morgan fingerprint density at radius 2 is 1.92 bits per heavy atom. The van der Waals surface area contributed by atoms with E-state index < -0.39 is 0 Å². The molecule has 3 heterocycles. The Morgan fingerprint density at radius 1 is 1.08 bits per heavy atom. The number of hydrogen-bond donors (Lipinski definition) is 0. The minimum atomic E-state index is 0.0494. The molecule has 4 rings (SSSR count). The van der Waals surface area contributed by atoms with Crippen molar-refractivity contribution in [2.24, 2.45) is 5.16 Å². The van der Waals surface area contributed by atoms with Crippen LogP contribution in [-0.2, 0) is 11.4 Å². The van der Waals surface area contributed by atoms with Gasteiger partial charge in [-0.2, -0.15) is 0 Å². The summed E-state index contributed by atoms with van der Waals surface area (Å²) in [5, 5.41) is 8.34. The first kappa shape index (κ1) is 16.5. The average Bonchev–Trinajstić information content (AvgIpc) is 3.33. The van der Waals surface area contributed by atoms with E-state index >= 15 is 0 Å². The quantitative estimate of drug-likeness (QED) is 0.683. The molecule has 3 aromatic rings. The first-order valence-corrected chi connectivity index (χ1v) is 8.61. The highest BCUT2D eigenvalue weighted by atomic mass is 16.6. The van der Waals surface area contributed by atoms with E-state index in [1.165, 1.54) is 0 Å². The topological polar surface area (TPSA) is 63.8 Å². The summed E-state index contributed by atoms with van der Waals surface area (Å²) in [6.07, 6.45) is 2.61. The molecule has 0 saturated heterocycles. The molecule has 0 bridgehead atoms. The molecule has 1 aromatic carbocycles. The second-order valence-corrected chi connectivity index (χ2v) is 6.43. The summed E-state index contributed by atoms with van der Waals surface area (Å²) < 4.78 is 5.44. The fraction of sp³-hybridized carbons (Fsp3) is 0.250. The number of oxime groups is 1. The van der Waals surface area contributed by atoms with Crippen molar-refractivity contribution in [1.82, 2.24) is 15.0 Å². The highest BCUT2D eigenvalue weighted by Crippen LogP contribution is 2.19. The number of aromatic nitrogens is 2. The van der Waals surface area contributed by atoms with Gasteiger partial charge in [0.2, 0.25) is 0 Å². The van der Waals surface area contributed by atoms with Gasteiger partial charge in [-0.05, 0) is 24.7 Å². The molecule has 1 aliphatic rings. The van der Waals surface area contributed by atoms with E-state index in [0.29, 0.717) is 6.54 Å². The first-order valence-electron chi connectivity index (χ1n) is 8.61. The fourth-order valence-electron chi connectivity index (χ4n) is 3.03. The number of pyridine rings is 1. The van der Waals surface area contributed by atoms with E-state index in [0.717, 1.165) is 41.4 Å². The number of hydrogen-bond acceptors (Lipinski definition) is 6. The van der Waals surface area contributed by atoms with Gasteiger partial charge in [0.25, 0.3) is 0 Å². The van der Waals surface area contributed by atoms with E-state index in [2.05, 4.69) is 32.3 Å². The van der Waals surface area contributed by atoms with Crippen LogP contribution in [-0.4, -0.2) is 40.4 Å². The Labute approximate surface area is 152 Å². The maximum absolute atomic E-state index is 5.59. The Kier molecular flexibility index (Phi) is 4.75. The van der Waals surface area contributed by atoms with Crippen LogP contribution in [0.1, 0.15) is 17.7 Å². The fourth-order valence-corrected chi connectivity index (χ4v) is 3.03.